The summed E-state index contributed by atoms with van der Waals surface area (Å²) in [6.07, 6.45) is 0.798. The van der Waals surface area contributed by atoms with Crippen LogP contribution in [0.5, 0.6) is 17.2 Å². The summed E-state index contributed by atoms with van der Waals surface area (Å²) in [6, 6.07) is 12.0. The molecule has 2 heterocycles. The van der Waals surface area contributed by atoms with Crippen molar-refractivity contribution in [2.75, 3.05) is 33.7 Å². The summed E-state index contributed by atoms with van der Waals surface area (Å²) in [5.74, 6) is -0.555. The second kappa shape index (κ2) is 9.48. The number of hydrogen-bond acceptors (Lipinski definition) is 6. The number of nitrogens with zero attached hydrogens (tertiary/aromatic N) is 1. The predicted molar refractivity (Wildman–Crippen MR) is 115 cm³/mol. The molecule has 2 aromatic carbocycles. The number of rotatable bonds is 8. The molecule has 2 aromatic rings. The molecule has 8 nitrogen and oxygen atoms in total. The number of amides is 1. The Bertz CT molecular complexity index is 975. The molecule has 2 aliphatic rings. The van der Waals surface area contributed by atoms with Gasteiger partial charge in [0, 0.05) is 19.1 Å². The van der Waals surface area contributed by atoms with Crippen molar-refractivity contribution in [1.82, 2.24) is 4.90 Å². The van der Waals surface area contributed by atoms with E-state index in [0.717, 1.165) is 17.5 Å². The number of ether oxygens (including phenoxy) is 4. The highest BCUT2D eigenvalue weighted by atomic mass is 16.7. The van der Waals surface area contributed by atoms with E-state index in [1.165, 1.54) is 0 Å². The van der Waals surface area contributed by atoms with Crippen LogP contribution in [-0.4, -0.2) is 55.5 Å². The van der Waals surface area contributed by atoms with Crippen molar-refractivity contribution in [1.29, 1.82) is 0 Å². The quantitative estimate of drug-likeness (QED) is 0.629. The first-order valence-electron chi connectivity index (χ1n) is 10.7. The fourth-order valence-electron chi connectivity index (χ4n) is 4.45. The van der Waals surface area contributed by atoms with Gasteiger partial charge in [0.15, 0.2) is 11.5 Å². The van der Waals surface area contributed by atoms with Crippen molar-refractivity contribution in [2.24, 2.45) is 5.92 Å². The van der Waals surface area contributed by atoms with Gasteiger partial charge in [0.05, 0.1) is 19.1 Å². The van der Waals surface area contributed by atoms with Gasteiger partial charge in [-0.25, -0.2) is 0 Å². The number of carbonyl (C=O) groups is 2. The second-order valence-corrected chi connectivity index (χ2v) is 7.90. The maximum Gasteiger partial charge on any atom is 0.309 e. The molecule has 0 radical (unpaired) electrons. The van der Waals surface area contributed by atoms with Crippen LogP contribution >= 0.6 is 0 Å². The second-order valence-electron chi connectivity index (χ2n) is 7.90. The minimum absolute atomic E-state index is 0.0826. The Labute approximate surface area is 186 Å². The smallest absolute Gasteiger partial charge is 0.309 e. The molecule has 32 heavy (non-hydrogen) atoms. The van der Waals surface area contributed by atoms with Crippen LogP contribution in [-0.2, 0) is 14.3 Å². The minimum Gasteiger partial charge on any atom is -0.497 e. The average molecular weight is 441 g/mol. The lowest BCUT2D eigenvalue weighted by molar-refractivity contribution is -0.144. The Balaban J connectivity index is 1.71. The maximum atomic E-state index is 13.1. The molecule has 1 N–H and O–H groups in total. The van der Waals surface area contributed by atoms with Crippen molar-refractivity contribution < 1.29 is 33.6 Å². The Hall–Kier alpha value is -3.26. The Morgan fingerprint density at radius 2 is 1.81 bits per heavy atom. The topological polar surface area (TPSA) is 94.5 Å². The summed E-state index contributed by atoms with van der Waals surface area (Å²) in [4.78, 5) is 27.2. The maximum absolute atomic E-state index is 13.1. The SMILES string of the molecule is CCCOCC(=O)N1CC(c2ccc3c(c2)OCO3)C(C(=O)O)C1c1ccc(OC)cc1. The van der Waals surface area contributed by atoms with Gasteiger partial charge in [0.1, 0.15) is 12.4 Å². The Morgan fingerprint density at radius 3 is 2.50 bits per heavy atom. The zero-order chi connectivity index (χ0) is 22.7. The summed E-state index contributed by atoms with van der Waals surface area (Å²) in [5.41, 5.74) is 1.54. The van der Waals surface area contributed by atoms with Crippen molar-refractivity contribution >= 4 is 11.9 Å². The van der Waals surface area contributed by atoms with Gasteiger partial charge in [0.25, 0.3) is 0 Å². The molecular weight excluding hydrogens is 414 g/mol. The molecule has 1 amide bonds. The van der Waals surface area contributed by atoms with Gasteiger partial charge in [-0.1, -0.05) is 25.1 Å². The van der Waals surface area contributed by atoms with Crippen LogP contribution in [0.15, 0.2) is 42.5 Å². The van der Waals surface area contributed by atoms with E-state index in [0.29, 0.717) is 23.9 Å². The van der Waals surface area contributed by atoms with Gasteiger partial charge in [-0.15, -0.1) is 0 Å². The van der Waals surface area contributed by atoms with Crippen molar-refractivity contribution in [3.8, 4) is 17.2 Å². The summed E-state index contributed by atoms with van der Waals surface area (Å²) in [7, 11) is 1.57. The highest BCUT2D eigenvalue weighted by Crippen LogP contribution is 2.47. The molecule has 0 spiro atoms. The molecule has 0 bridgehead atoms. The molecule has 0 saturated carbocycles. The predicted octanol–water partition coefficient (Wildman–Crippen LogP) is 3.22. The number of methoxy groups -OCH3 is 1. The minimum atomic E-state index is -0.960. The van der Waals surface area contributed by atoms with Crippen LogP contribution < -0.4 is 14.2 Å². The zero-order valence-electron chi connectivity index (χ0n) is 18.2. The van der Waals surface area contributed by atoms with Crippen LogP contribution in [0.4, 0.5) is 0 Å². The molecule has 4 rings (SSSR count). The van der Waals surface area contributed by atoms with E-state index in [4.69, 9.17) is 18.9 Å². The van der Waals surface area contributed by atoms with Crippen molar-refractivity contribution in [3.63, 3.8) is 0 Å². The molecule has 3 unspecified atom stereocenters. The highest BCUT2D eigenvalue weighted by molar-refractivity contribution is 5.82. The normalized spacial score (nSPS) is 21.6. The third kappa shape index (κ3) is 4.23. The highest BCUT2D eigenvalue weighted by Gasteiger charge is 2.49. The number of hydrogen-bond donors (Lipinski definition) is 1. The molecule has 1 saturated heterocycles. The van der Waals surface area contributed by atoms with E-state index in [1.807, 2.05) is 31.2 Å². The van der Waals surface area contributed by atoms with E-state index in [1.54, 1.807) is 30.2 Å². The van der Waals surface area contributed by atoms with Gasteiger partial charge in [-0.05, 0) is 41.8 Å². The lowest BCUT2D eigenvalue weighted by Crippen LogP contribution is -2.36. The number of carboxylic acid groups (broad SMARTS) is 1. The molecule has 2 aliphatic heterocycles. The summed E-state index contributed by atoms with van der Waals surface area (Å²) in [6.45, 7) is 2.76. The van der Waals surface area contributed by atoms with Crippen LogP contribution in [0.1, 0.15) is 36.4 Å². The molecule has 1 fully saturated rings. The third-order valence-electron chi connectivity index (χ3n) is 5.96. The first-order valence-corrected chi connectivity index (χ1v) is 10.7. The number of likely N-dealkylation sites (tertiary alicyclic amines) is 1. The van der Waals surface area contributed by atoms with E-state index < -0.39 is 23.8 Å². The van der Waals surface area contributed by atoms with Crippen molar-refractivity contribution in [2.45, 2.75) is 25.3 Å². The molecule has 8 heteroatoms. The van der Waals surface area contributed by atoms with Crippen LogP contribution in [0.2, 0.25) is 0 Å². The van der Waals surface area contributed by atoms with Gasteiger partial charge in [0.2, 0.25) is 12.7 Å². The van der Waals surface area contributed by atoms with Crippen LogP contribution in [0, 0.1) is 5.92 Å². The largest absolute Gasteiger partial charge is 0.497 e. The standard InChI is InChI=1S/C24H27NO7/c1-3-10-30-13-21(26)25-12-18(16-6-9-19-20(11-16)32-14-31-19)22(24(27)28)23(25)15-4-7-17(29-2)8-5-15/h4-9,11,18,22-23H,3,10,12-14H2,1-2H3,(H,27,28). The van der Waals surface area contributed by atoms with Gasteiger partial charge < -0.3 is 29.0 Å². The van der Waals surface area contributed by atoms with E-state index in [-0.39, 0.29) is 25.9 Å². The fourth-order valence-corrected chi connectivity index (χ4v) is 4.45. The molecule has 170 valence electrons. The third-order valence-corrected chi connectivity index (χ3v) is 5.96. The van der Waals surface area contributed by atoms with Gasteiger partial charge in [-0.3, -0.25) is 9.59 Å². The lowest BCUT2D eigenvalue weighted by atomic mass is 9.82. The van der Waals surface area contributed by atoms with E-state index >= 15 is 0 Å². The first-order chi connectivity index (χ1) is 15.5. The molecule has 0 aromatic heterocycles. The number of carbonyl (C=O) groups excluding carboxylic acids is 1. The zero-order valence-corrected chi connectivity index (χ0v) is 18.2. The average Bonchev–Trinajstić information content (AvgIpc) is 3.43. The number of carboxylic acids is 1. The lowest BCUT2D eigenvalue weighted by Gasteiger charge is -2.27. The summed E-state index contributed by atoms with van der Waals surface area (Å²) in [5, 5.41) is 10.2. The van der Waals surface area contributed by atoms with E-state index in [9.17, 15) is 14.7 Å². The van der Waals surface area contributed by atoms with Crippen LogP contribution in [0.3, 0.4) is 0 Å². The first kappa shape index (κ1) is 22.0. The van der Waals surface area contributed by atoms with Gasteiger partial charge in [-0.2, -0.15) is 0 Å². The number of fused-ring (bicyclic) bond motifs is 1. The summed E-state index contributed by atoms with van der Waals surface area (Å²) < 4.78 is 21.6. The molecule has 0 aliphatic carbocycles. The fraction of sp³-hybridized carbons (Fsp3) is 0.417. The Kier molecular flexibility index (Phi) is 6.50. The van der Waals surface area contributed by atoms with Crippen LogP contribution in [0.25, 0.3) is 0 Å². The van der Waals surface area contributed by atoms with Gasteiger partial charge >= 0.3 is 5.97 Å². The van der Waals surface area contributed by atoms with E-state index in [2.05, 4.69) is 0 Å². The summed E-state index contributed by atoms with van der Waals surface area (Å²) >= 11 is 0. The number of aliphatic carboxylic acids is 1. The monoisotopic (exact) mass is 441 g/mol. The molecule has 3 atom stereocenters. The van der Waals surface area contributed by atoms with Crippen molar-refractivity contribution in [3.05, 3.63) is 53.6 Å². The molecular formula is C24H27NO7. The Morgan fingerprint density at radius 1 is 1.09 bits per heavy atom. The number of benzene rings is 2.